The van der Waals surface area contributed by atoms with Gasteiger partial charge in [0.15, 0.2) is 0 Å². The van der Waals surface area contributed by atoms with Crippen molar-refractivity contribution in [3.63, 3.8) is 0 Å². The Hall–Kier alpha value is -1.25. The summed E-state index contributed by atoms with van der Waals surface area (Å²) in [5.74, 6) is -0.342. The number of aromatic hydroxyl groups is 1. The van der Waals surface area contributed by atoms with Crippen LogP contribution in [0.4, 0.5) is 0 Å². The summed E-state index contributed by atoms with van der Waals surface area (Å²) in [6, 6.07) is 2.83. The SMILES string of the molecule is Cc1ccc(O)oc1=O. The van der Waals surface area contributed by atoms with Gasteiger partial charge in [0.2, 0.25) is 0 Å². The van der Waals surface area contributed by atoms with E-state index in [1.807, 2.05) is 0 Å². The summed E-state index contributed by atoms with van der Waals surface area (Å²) in [6.45, 7) is 1.62. The standard InChI is InChI=1S/C6H6O3/c1-4-2-3-5(7)9-6(4)8/h2-3,7H,1H3. The maximum atomic E-state index is 10.5. The second kappa shape index (κ2) is 1.93. The predicted molar refractivity (Wildman–Crippen MR) is 31.4 cm³/mol. The summed E-state index contributed by atoms with van der Waals surface area (Å²) in [7, 11) is 0. The molecule has 0 aliphatic rings. The third-order valence-corrected chi connectivity index (χ3v) is 0.995. The van der Waals surface area contributed by atoms with E-state index < -0.39 is 5.63 Å². The minimum Gasteiger partial charge on any atom is -0.481 e. The van der Waals surface area contributed by atoms with Crippen LogP contribution in [0.2, 0.25) is 0 Å². The topological polar surface area (TPSA) is 50.4 Å². The fourth-order valence-electron chi connectivity index (χ4n) is 0.474. The average Bonchev–Trinajstić information content (AvgIpc) is 1.80. The second-order valence-corrected chi connectivity index (χ2v) is 1.74. The first-order chi connectivity index (χ1) is 4.20. The van der Waals surface area contributed by atoms with E-state index in [9.17, 15) is 4.79 Å². The molecule has 9 heavy (non-hydrogen) atoms. The quantitative estimate of drug-likeness (QED) is 0.555. The molecule has 1 aromatic rings. The van der Waals surface area contributed by atoms with Crippen molar-refractivity contribution < 1.29 is 9.52 Å². The number of rotatable bonds is 0. The van der Waals surface area contributed by atoms with Gasteiger partial charge in [0.1, 0.15) is 0 Å². The van der Waals surface area contributed by atoms with Gasteiger partial charge in [-0.25, -0.2) is 4.79 Å². The maximum absolute atomic E-state index is 10.5. The summed E-state index contributed by atoms with van der Waals surface area (Å²) in [6.07, 6.45) is 0. The Labute approximate surface area is 51.6 Å². The average molecular weight is 126 g/mol. The van der Waals surface area contributed by atoms with Gasteiger partial charge in [-0.3, -0.25) is 0 Å². The smallest absolute Gasteiger partial charge is 0.341 e. The molecular formula is C6H6O3. The zero-order valence-electron chi connectivity index (χ0n) is 4.92. The van der Waals surface area contributed by atoms with Crippen molar-refractivity contribution in [1.82, 2.24) is 0 Å². The third-order valence-electron chi connectivity index (χ3n) is 0.995. The first kappa shape index (κ1) is 5.88. The maximum Gasteiger partial charge on any atom is 0.341 e. The van der Waals surface area contributed by atoms with Crippen molar-refractivity contribution in [3.8, 4) is 5.95 Å². The molecule has 0 saturated carbocycles. The van der Waals surface area contributed by atoms with Crippen LogP contribution < -0.4 is 5.63 Å². The largest absolute Gasteiger partial charge is 0.481 e. The molecule has 3 heteroatoms. The molecule has 0 unspecified atom stereocenters. The lowest BCUT2D eigenvalue weighted by Crippen LogP contribution is -2.00. The van der Waals surface area contributed by atoms with Gasteiger partial charge in [0.25, 0.3) is 5.95 Å². The molecule has 0 radical (unpaired) electrons. The van der Waals surface area contributed by atoms with E-state index in [0.717, 1.165) is 0 Å². The Morgan fingerprint density at radius 2 is 2.22 bits per heavy atom. The van der Waals surface area contributed by atoms with Gasteiger partial charge in [-0.1, -0.05) is 0 Å². The van der Waals surface area contributed by atoms with Crippen LogP contribution in [0, 0.1) is 6.92 Å². The Balaban J connectivity index is 3.34. The zero-order chi connectivity index (χ0) is 6.85. The van der Waals surface area contributed by atoms with E-state index in [4.69, 9.17) is 5.11 Å². The Bertz CT molecular complexity index is 261. The molecule has 0 saturated heterocycles. The molecule has 0 atom stereocenters. The first-order valence-electron chi connectivity index (χ1n) is 2.50. The molecule has 1 heterocycles. The molecule has 1 rings (SSSR count). The summed E-state index contributed by atoms with van der Waals surface area (Å²) in [5.41, 5.74) is 0.00259. The zero-order valence-corrected chi connectivity index (χ0v) is 4.92. The van der Waals surface area contributed by atoms with E-state index in [1.165, 1.54) is 12.1 Å². The lowest BCUT2D eigenvalue weighted by atomic mass is 10.3. The van der Waals surface area contributed by atoms with E-state index in [0.29, 0.717) is 5.56 Å². The molecule has 0 bridgehead atoms. The van der Waals surface area contributed by atoms with Crippen LogP contribution in [-0.2, 0) is 0 Å². The third kappa shape index (κ3) is 1.10. The van der Waals surface area contributed by atoms with Crippen LogP contribution in [0.5, 0.6) is 5.95 Å². The van der Waals surface area contributed by atoms with Gasteiger partial charge in [-0.2, -0.15) is 0 Å². The van der Waals surface area contributed by atoms with Gasteiger partial charge >= 0.3 is 5.63 Å². The number of aryl methyl sites for hydroxylation is 1. The molecule has 1 N–H and O–H groups in total. The number of hydrogen-bond donors (Lipinski definition) is 1. The van der Waals surface area contributed by atoms with Crippen LogP contribution in [0.15, 0.2) is 21.3 Å². The molecular weight excluding hydrogens is 120 g/mol. The molecule has 0 aromatic carbocycles. The minimum atomic E-state index is -0.491. The van der Waals surface area contributed by atoms with Crippen molar-refractivity contribution in [2.45, 2.75) is 6.92 Å². The van der Waals surface area contributed by atoms with Crippen molar-refractivity contribution in [1.29, 1.82) is 0 Å². The van der Waals surface area contributed by atoms with Crippen molar-refractivity contribution >= 4 is 0 Å². The minimum absolute atomic E-state index is 0.342. The predicted octanol–water partition coefficient (Wildman–Crippen LogP) is 0.654. The Morgan fingerprint density at radius 3 is 2.67 bits per heavy atom. The lowest BCUT2D eigenvalue weighted by molar-refractivity contribution is 0.308. The molecule has 0 aliphatic heterocycles. The highest BCUT2D eigenvalue weighted by molar-refractivity contribution is 5.10. The van der Waals surface area contributed by atoms with Crippen LogP contribution >= 0.6 is 0 Å². The normalized spacial score (nSPS) is 9.44. The fourth-order valence-corrected chi connectivity index (χ4v) is 0.474. The highest BCUT2D eigenvalue weighted by atomic mass is 16.5. The Morgan fingerprint density at radius 1 is 1.56 bits per heavy atom. The molecule has 0 spiro atoms. The molecule has 0 amide bonds. The van der Waals surface area contributed by atoms with Crippen LogP contribution in [0.1, 0.15) is 5.56 Å². The molecule has 0 fully saturated rings. The Kier molecular flexibility index (Phi) is 1.26. The van der Waals surface area contributed by atoms with E-state index >= 15 is 0 Å². The van der Waals surface area contributed by atoms with Gasteiger partial charge in [0.05, 0.1) is 0 Å². The van der Waals surface area contributed by atoms with Gasteiger partial charge in [-0.05, 0) is 13.0 Å². The number of hydrogen-bond acceptors (Lipinski definition) is 3. The van der Waals surface area contributed by atoms with Gasteiger partial charge < -0.3 is 9.52 Å². The summed E-state index contributed by atoms with van der Waals surface area (Å²) in [5, 5.41) is 8.57. The summed E-state index contributed by atoms with van der Waals surface area (Å²) in [4.78, 5) is 10.5. The van der Waals surface area contributed by atoms with Crippen LogP contribution in [-0.4, -0.2) is 5.11 Å². The van der Waals surface area contributed by atoms with Gasteiger partial charge in [-0.15, -0.1) is 0 Å². The monoisotopic (exact) mass is 126 g/mol. The van der Waals surface area contributed by atoms with E-state index in [-0.39, 0.29) is 5.95 Å². The summed E-state index contributed by atoms with van der Waals surface area (Å²) >= 11 is 0. The molecule has 0 aliphatic carbocycles. The first-order valence-corrected chi connectivity index (χ1v) is 2.50. The van der Waals surface area contributed by atoms with Crippen LogP contribution in [0.25, 0.3) is 0 Å². The van der Waals surface area contributed by atoms with Crippen molar-refractivity contribution in [2.75, 3.05) is 0 Å². The fraction of sp³-hybridized carbons (Fsp3) is 0.167. The van der Waals surface area contributed by atoms with Crippen molar-refractivity contribution in [3.05, 3.63) is 28.1 Å². The van der Waals surface area contributed by atoms with E-state index in [2.05, 4.69) is 4.42 Å². The second-order valence-electron chi connectivity index (χ2n) is 1.74. The van der Waals surface area contributed by atoms with Crippen molar-refractivity contribution in [2.24, 2.45) is 0 Å². The van der Waals surface area contributed by atoms with E-state index in [1.54, 1.807) is 6.92 Å². The van der Waals surface area contributed by atoms with Crippen LogP contribution in [0.3, 0.4) is 0 Å². The lowest BCUT2D eigenvalue weighted by Gasteiger charge is -1.88. The molecule has 1 aromatic heterocycles. The molecule has 48 valence electrons. The highest BCUT2D eigenvalue weighted by Crippen LogP contribution is 2.02. The molecule has 3 nitrogen and oxygen atoms in total. The highest BCUT2D eigenvalue weighted by Gasteiger charge is 1.93. The van der Waals surface area contributed by atoms with Gasteiger partial charge in [0, 0.05) is 11.6 Å². The summed E-state index contributed by atoms with van der Waals surface area (Å²) < 4.78 is 4.31.